The average molecular weight is 1040 g/mol. The molecule has 382 valence electrons. The Morgan fingerprint density at radius 2 is 0.391 bits per heavy atom. The van der Waals surface area contributed by atoms with E-state index in [0.29, 0.717) is 0 Å². The van der Waals surface area contributed by atoms with Gasteiger partial charge in [0.1, 0.15) is 13.2 Å². The van der Waals surface area contributed by atoms with Crippen LogP contribution >= 0.6 is 0 Å². The molecule has 38 heteroatoms. The molecule has 0 spiro atoms. The van der Waals surface area contributed by atoms with Gasteiger partial charge < -0.3 is 18.9 Å². The smallest absolute Gasteiger partial charge is 0.460 e. The van der Waals surface area contributed by atoms with E-state index in [9.17, 15) is 149 Å². The maximum Gasteiger partial charge on any atom is 0.460 e. The minimum Gasteiger partial charge on any atom is -0.490 e. The van der Waals surface area contributed by atoms with Gasteiger partial charge in [-0.15, -0.1) is 0 Å². The lowest BCUT2D eigenvalue weighted by Gasteiger charge is -2.42. The van der Waals surface area contributed by atoms with Gasteiger partial charge in [0, 0.05) is 0 Å². The molecule has 0 unspecified atom stereocenters. The van der Waals surface area contributed by atoms with Crippen molar-refractivity contribution in [3.8, 4) is 0 Å². The van der Waals surface area contributed by atoms with Crippen molar-refractivity contribution < 1.29 is 168 Å². The van der Waals surface area contributed by atoms with Gasteiger partial charge >= 0.3 is 95.3 Å². The van der Waals surface area contributed by atoms with Gasteiger partial charge in [0.25, 0.3) is 0 Å². The topological polar surface area (TPSA) is 36.9 Å². The second kappa shape index (κ2) is 17.4. The molecular formula is C26H16F34O4. The Morgan fingerprint density at radius 3 is 0.578 bits per heavy atom. The van der Waals surface area contributed by atoms with Crippen LogP contribution in [0.4, 0.5) is 149 Å². The molecule has 0 aromatic heterocycles. The Morgan fingerprint density at radius 1 is 0.234 bits per heavy atom. The Hall–Kier alpha value is -3.38. The van der Waals surface area contributed by atoms with Crippen LogP contribution in [0.5, 0.6) is 0 Å². The molecule has 0 radical (unpaired) electrons. The van der Waals surface area contributed by atoms with Crippen molar-refractivity contribution in [2.75, 3.05) is 39.6 Å². The van der Waals surface area contributed by atoms with Crippen LogP contribution in [0.3, 0.4) is 0 Å². The van der Waals surface area contributed by atoms with Crippen molar-refractivity contribution >= 4 is 0 Å². The van der Waals surface area contributed by atoms with Crippen molar-refractivity contribution in [1.29, 1.82) is 0 Å². The fraction of sp³-hybridized carbons (Fsp3) is 0.846. The third-order valence-electron chi connectivity index (χ3n) is 7.52. The zero-order chi connectivity index (χ0) is 52.2. The van der Waals surface area contributed by atoms with E-state index in [4.69, 9.17) is 0 Å². The summed E-state index contributed by atoms with van der Waals surface area (Å²) in [5.41, 5.74) is 0. The summed E-state index contributed by atoms with van der Waals surface area (Å²) in [6.07, 6.45) is -16.0. The highest BCUT2D eigenvalue weighted by molar-refractivity contribution is 5.21. The summed E-state index contributed by atoms with van der Waals surface area (Å²) in [5.74, 6) is -125. The third-order valence-corrected chi connectivity index (χ3v) is 7.52. The first-order valence-electron chi connectivity index (χ1n) is 14.8. The Kier molecular flexibility index (Phi) is 16.4. The van der Waals surface area contributed by atoms with E-state index in [1.54, 1.807) is 13.2 Å². The van der Waals surface area contributed by atoms with Crippen LogP contribution in [0.1, 0.15) is 0 Å². The molecule has 0 aliphatic carbocycles. The number of hydrogen-bond acceptors (Lipinski definition) is 4. The number of halogens is 34. The molecule has 0 amide bonds. The van der Waals surface area contributed by atoms with Crippen molar-refractivity contribution in [1.82, 2.24) is 0 Å². The molecule has 64 heavy (non-hydrogen) atoms. The lowest BCUT2D eigenvalue weighted by atomic mass is 9.88. The average Bonchev–Trinajstić information content (AvgIpc) is 3.09. The second-order valence-corrected chi connectivity index (χ2v) is 11.8. The molecule has 0 heterocycles. The van der Waals surface area contributed by atoms with Crippen LogP contribution in [0.2, 0.25) is 0 Å². The van der Waals surface area contributed by atoms with E-state index in [2.05, 4.69) is 18.9 Å². The molecule has 0 aromatic rings. The Balaban J connectivity index is 5.53. The predicted molar refractivity (Wildman–Crippen MR) is 133 cm³/mol. The minimum atomic E-state index is -8.93. The predicted octanol–water partition coefficient (Wildman–Crippen LogP) is 12.1. The molecule has 4 nitrogen and oxygen atoms in total. The lowest BCUT2D eigenvalue weighted by Crippen LogP contribution is -2.74. The minimum absolute atomic E-state index is 1.07. The summed E-state index contributed by atoms with van der Waals surface area (Å²) in [6, 6.07) is 0. The standard InChI is InChI=1S/C26H16F34O4/c1-9(11(27,28)13(31,32)15(35,36)17(39,40)19(43,44)21(47,48)23(51,52)25(55,56)57)63-7-5-61-3-4-62-6-8-64-10(2)12(29,30)14(33,34)16(37,38)18(41,42)20(45,46)22(49,50)24(53,54)26(58,59)60/h1-8H2. The largest absolute Gasteiger partial charge is 0.490 e. The number of hydrogen-bond donors (Lipinski definition) is 0. The molecule has 0 atom stereocenters. The Bertz CT molecular complexity index is 1500. The fourth-order valence-corrected chi connectivity index (χ4v) is 3.63. The molecule has 0 aromatic carbocycles. The van der Waals surface area contributed by atoms with E-state index in [-0.39, 0.29) is 0 Å². The summed E-state index contributed by atoms with van der Waals surface area (Å²) >= 11 is 0. The molecule has 0 rings (SSSR count). The third kappa shape index (κ3) is 8.93. The van der Waals surface area contributed by atoms with Crippen LogP contribution < -0.4 is 0 Å². The van der Waals surface area contributed by atoms with Crippen LogP contribution in [-0.4, -0.2) is 135 Å². The van der Waals surface area contributed by atoms with E-state index in [1.165, 1.54) is 0 Å². The van der Waals surface area contributed by atoms with Crippen LogP contribution in [0.25, 0.3) is 0 Å². The van der Waals surface area contributed by atoms with Gasteiger partial charge in [-0.05, 0) is 0 Å². The lowest BCUT2D eigenvalue weighted by molar-refractivity contribution is -0.460. The highest BCUT2D eigenvalue weighted by atomic mass is 19.4. The normalized spacial score (nSPS) is 16.0. The number of rotatable bonds is 25. The molecular weight excluding hydrogens is 1020 g/mol. The highest BCUT2D eigenvalue weighted by Crippen LogP contribution is 2.66. The summed E-state index contributed by atoms with van der Waals surface area (Å²) in [4.78, 5) is 0. The monoisotopic (exact) mass is 1040 g/mol. The van der Waals surface area contributed by atoms with Gasteiger partial charge in [-0.1, -0.05) is 13.2 Å². The highest BCUT2D eigenvalue weighted by Gasteiger charge is 2.97. The van der Waals surface area contributed by atoms with E-state index < -0.39 is 146 Å². The van der Waals surface area contributed by atoms with E-state index in [0.717, 1.165) is 0 Å². The zero-order valence-electron chi connectivity index (χ0n) is 29.1. The molecule has 0 saturated carbocycles. The van der Waals surface area contributed by atoms with Crippen molar-refractivity contribution in [2.45, 2.75) is 95.3 Å². The van der Waals surface area contributed by atoms with E-state index >= 15 is 0 Å². The SMILES string of the molecule is C=C(OCCOCCOCCOC(=C)C(F)(F)C(F)(F)C(F)(F)C(F)(F)C(F)(F)C(F)(F)C(F)(F)C(F)(F)F)C(F)(F)C(F)(F)C(F)(F)C(F)(F)C(F)(F)C(F)(F)C(F)(F)C(F)(F)F. The van der Waals surface area contributed by atoms with Crippen molar-refractivity contribution in [3.05, 3.63) is 24.7 Å². The second-order valence-electron chi connectivity index (χ2n) is 11.8. The van der Waals surface area contributed by atoms with Crippen LogP contribution in [0.15, 0.2) is 24.7 Å². The number of allylic oxidation sites excluding steroid dienone is 2. The number of ether oxygens (including phenoxy) is 4. The quantitative estimate of drug-likeness (QED) is 0.0519. The Labute approximate surface area is 329 Å². The maximum atomic E-state index is 14.0. The summed E-state index contributed by atoms with van der Waals surface area (Å²) in [7, 11) is 0. The maximum absolute atomic E-state index is 14.0. The van der Waals surface area contributed by atoms with Gasteiger partial charge in [-0.2, -0.15) is 149 Å². The number of alkyl halides is 34. The first-order valence-corrected chi connectivity index (χ1v) is 14.8. The molecule has 0 bridgehead atoms. The van der Waals surface area contributed by atoms with Gasteiger partial charge in [0.2, 0.25) is 0 Å². The molecule has 0 aliphatic rings. The fourth-order valence-electron chi connectivity index (χ4n) is 3.63. The summed E-state index contributed by atoms with van der Waals surface area (Å²) in [6.45, 7) is -4.72. The van der Waals surface area contributed by atoms with Gasteiger partial charge in [-0.3, -0.25) is 0 Å². The molecule has 0 fully saturated rings. The first-order chi connectivity index (χ1) is 27.5. The van der Waals surface area contributed by atoms with Gasteiger partial charge in [0.15, 0.2) is 11.5 Å². The van der Waals surface area contributed by atoms with Crippen molar-refractivity contribution in [2.24, 2.45) is 0 Å². The van der Waals surface area contributed by atoms with Crippen molar-refractivity contribution in [3.63, 3.8) is 0 Å². The molecule has 0 saturated heterocycles. The van der Waals surface area contributed by atoms with Gasteiger partial charge in [0.05, 0.1) is 26.4 Å². The zero-order valence-corrected chi connectivity index (χ0v) is 29.1. The van der Waals surface area contributed by atoms with E-state index in [1.807, 2.05) is 0 Å². The first kappa shape index (κ1) is 60.6. The van der Waals surface area contributed by atoms with Crippen LogP contribution in [0, 0.1) is 0 Å². The summed E-state index contributed by atoms with van der Waals surface area (Å²) in [5, 5.41) is 0. The molecule has 0 N–H and O–H groups in total. The van der Waals surface area contributed by atoms with Crippen LogP contribution in [-0.2, 0) is 18.9 Å². The van der Waals surface area contributed by atoms with Gasteiger partial charge in [-0.25, -0.2) is 0 Å². The summed E-state index contributed by atoms with van der Waals surface area (Å²) < 4.78 is 470. The molecule has 0 aliphatic heterocycles.